The highest BCUT2D eigenvalue weighted by Crippen LogP contribution is 2.44. The van der Waals surface area contributed by atoms with E-state index in [0.29, 0.717) is 6.04 Å². The standard InChI is InChI=1S/C11H20N2O/c1-3-9(8-6-7(8)2)13-11(4-5-11)10(12)14/h7-9,13H,3-6H2,1-2H3,(H2,12,14). The van der Waals surface area contributed by atoms with E-state index in [2.05, 4.69) is 19.2 Å². The van der Waals surface area contributed by atoms with E-state index in [1.807, 2.05) is 0 Å². The van der Waals surface area contributed by atoms with Crippen LogP contribution in [0.15, 0.2) is 0 Å². The van der Waals surface area contributed by atoms with Crippen molar-refractivity contribution < 1.29 is 4.79 Å². The molecule has 2 aliphatic rings. The van der Waals surface area contributed by atoms with Crippen LogP contribution in [0.25, 0.3) is 0 Å². The van der Waals surface area contributed by atoms with Crippen molar-refractivity contribution in [2.75, 3.05) is 0 Å². The molecule has 0 aromatic carbocycles. The van der Waals surface area contributed by atoms with Gasteiger partial charge >= 0.3 is 0 Å². The highest BCUT2D eigenvalue weighted by Gasteiger charge is 2.52. The van der Waals surface area contributed by atoms with Crippen LogP contribution in [0.5, 0.6) is 0 Å². The first-order valence-corrected chi connectivity index (χ1v) is 5.66. The second-order valence-corrected chi connectivity index (χ2v) is 4.98. The SMILES string of the molecule is CCC(NC1(C(N)=O)CC1)C1CC1C. The fourth-order valence-corrected chi connectivity index (χ4v) is 2.37. The third-order valence-corrected chi connectivity index (χ3v) is 3.81. The summed E-state index contributed by atoms with van der Waals surface area (Å²) in [6.07, 6.45) is 4.27. The highest BCUT2D eigenvalue weighted by molar-refractivity contribution is 5.87. The Bertz CT molecular complexity index is 248. The molecule has 14 heavy (non-hydrogen) atoms. The molecule has 0 aromatic heterocycles. The van der Waals surface area contributed by atoms with Crippen LogP contribution < -0.4 is 11.1 Å². The van der Waals surface area contributed by atoms with E-state index in [4.69, 9.17) is 5.73 Å². The summed E-state index contributed by atoms with van der Waals surface area (Å²) < 4.78 is 0. The molecule has 80 valence electrons. The zero-order valence-corrected chi connectivity index (χ0v) is 9.05. The van der Waals surface area contributed by atoms with Crippen molar-refractivity contribution in [3.05, 3.63) is 0 Å². The number of nitrogens with one attached hydrogen (secondary N) is 1. The van der Waals surface area contributed by atoms with Crippen molar-refractivity contribution in [1.29, 1.82) is 0 Å². The van der Waals surface area contributed by atoms with E-state index < -0.39 is 0 Å². The topological polar surface area (TPSA) is 55.1 Å². The smallest absolute Gasteiger partial charge is 0.237 e. The van der Waals surface area contributed by atoms with Gasteiger partial charge in [0.25, 0.3) is 0 Å². The Hall–Kier alpha value is -0.570. The van der Waals surface area contributed by atoms with E-state index in [9.17, 15) is 4.79 Å². The number of primary amides is 1. The molecule has 2 saturated carbocycles. The van der Waals surface area contributed by atoms with Gasteiger partial charge in [0.15, 0.2) is 0 Å². The lowest BCUT2D eigenvalue weighted by atomic mass is 10.1. The van der Waals surface area contributed by atoms with Crippen molar-refractivity contribution >= 4 is 5.91 Å². The zero-order chi connectivity index (χ0) is 10.3. The van der Waals surface area contributed by atoms with E-state index in [0.717, 1.165) is 31.1 Å². The average Bonchev–Trinajstić information content (AvgIpc) is 2.99. The highest BCUT2D eigenvalue weighted by atomic mass is 16.1. The molecule has 0 spiro atoms. The number of carbonyl (C=O) groups is 1. The summed E-state index contributed by atoms with van der Waals surface area (Å²) in [5.41, 5.74) is 5.06. The van der Waals surface area contributed by atoms with Gasteiger partial charge in [-0.25, -0.2) is 0 Å². The second kappa shape index (κ2) is 3.23. The van der Waals surface area contributed by atoms with Gasteiger partial charge in [0, 0.05) is 6.04 Å². The van der Waals surface area contributed by atoms with Crippen molar-refractivity contribution in [3.63, 3.8) is 0 Å². The fourth-order valence-electron chi connectivity index (χ4n) is 2.37. The predicted octanol–water partition coefficient (Wildman–Crippen LogP) is 1.03. The Morgan fingerprint density at radius 2 is 2.21 bits per heavy atom. The first kappa shape index (κ1) is 9.97. The molecule has 0 aliphatic heterocycles. The average molecular weight is 196 g/mol. The summed E-state index contributed by atoms with van der Waals surface area (Å²) in [6.45, 7) is 4.46. The number of amides is 1. The molecule has 3 heteroatoms. The van der Waals surface area contributed by atoms with Gasteiger partial charge in [-0.3, -0.25) is 4.79 Å². The Morgan fingerprint density at radius 1 is 1.64 bits per heavy atom. The molecule has 3 nitrogen and oxygen atoms in total. The summed E-state index contributed by atoms with van der Waals surface area (Å²) in [5.74, 6) is 1.44. The summed E-state index contributed by atoms with van der Waals surface area (Å²) in [6, 6.07) is 0.500. The molecular weight excluding hydrogens is 176 g/mol. The molecule has 2 aliphatic carbocycles. The molecule has 0 radical (unpaired) electrons. The lowest BCUT2D eigenvalue weighted by Gasteiger charge is -2.22. The molecule has 2 rings (SSSR count). The molecule has 3 unspecified atom stereocenters. The Balaban J connectivity index is 1.92. The van der Waals surface area contributed by atoms with Crippen molar-refractivity contribution in [2.24, 2.45) is 17.6 Å². The van der Waals surface area contributed by atoms with Crippen LogP contribution in [0, 0.1) is 11.8 Å². The van der Waals surface area contributed by atoms with Gasteiger partial charge in [0.1, 0.15) is 0 Å². The van der Waals surface area contributed by atoms with Crippen LogP contribution in [-0.2, 0) is 4.79 Å². The van der Waals surface area contributed by atoms with Gasteiger partial charge in [-0.2, -0.15) is 0 Å². The van der Waals surface area contributed by atoms with Gasteiger partial charge in [-0.05, 0) is 37.5 Å². The van der Waals surface area contributed by atoms with Gasteiger partial charge in [-0.15, -0.1) is 0 Å². The van der Waals surface area contributed by atoms with E-state index in [-0.39, 0.29) is 11.4 Å². The van der Waals surface area contributed by atoms with Gasteiger partial charge < -0.3 is 11.1 Å². The zero-order valence-electron chi connectivity index (χ0n) is 9.05. The second-order valence-electron chi connectivity index (χ2n) is 4.98. The van der Waals surface area contributed by atoms with E-state index in [1.165, 1.54) is 6.42 Å². The lowest BCUT2D eigenvalue weighted by molar-refractivity contribution is -0.121. The van der Waals surface area contributed by atoms with Crippen LogP contribution in [0.3, 0.4) is 0 Å². The van der Waals surface area contributed by atoms with Gasteiger partial charge in [0.05, 0.1) is 5.54 Å². The van der Waals surface area contributed by atoms with E-state index in [1.54, 1.807) is 0 Å². The Morgan fingerprint density at radius 3 is 2.50 bits per heavy atom. The van der Waals surface area contributed by atoms with Gasteiger partial charge in [-0.1, -0.05) is 13.8 Å². The summed E-state index contributed by atoms with van der Waals surface area (Å²) in [4.78, 5) is 11.2. The van der Waals surface area contributed by atoms with Crippen LogP contribution in [0.2, 0.25) is 0 Å². The molecule has 0 bridgehead atoms. The Labute approximate surface area is 85.4 Å². The molecule has 0 aromatic rings. The number of hydrogen-bond donors (Lipinski definition) is 2. The minimum Gasteiger partial charge on any atom is -0.368 e. The van der Waals surface area contributed by atoms with Gasteiger partial charge in [0.2, 0.25) is 5.91 Å². The molecule has 1 amide bonds. The molecule has 3 N–H and O–H groups in total. The normalized spacial score (nSPS) is 35.0. The molecule has 2 fully saturated rings. The third-order valence-electron chi connectivity index (χ3n) is 3.81. The summed E-state index contributed by atoms with van der Waals surface area (Å²) in [5, 5.41) is 3.47. The minimum atomic E-state index is -0.330. The third kappa shape index (κ3) is 1.65. The van der Waals surface area contributed by atoms with Crippen molar-refractivity contribution in [2.45, 2.75) is 51.1 Å². The molecule has 3 atom stereocenters. The Kier molecular flexibility index (Phi) is 2.30. The van der Waals surface area contributed by atoms with Crippen molar-refractivity contribution in [1.82, 2.24) is 5.32 Å². The maximum Gasteiger partial charge on any atom is 0.237 e. The quantitative estimate of drug-likeness (QED) is 0.690. The maximum atomic E-state index is 11.2. The van der Waals surface area contributed by atoms with Crippen LogP contribution in [0.1, 0.15) is 39.5 Å². The number of nitrogens with two attached hydrogens (primary N) is 1. The van der Waals surface area contributed by atoms with Crippen LogP contribution in [0.4, 0.5) is 0 Å². The molecular formula is C11H20N2O. The van der Waals surface area contributed by atoms with E-state index >= 15 is 0 Å². The van der Waals surface area contributed by atoms with Crippen LogP contribution in [-0.4, -0.2) is 17.5 Å². The lowest BCUT2D eigenvalue weighted by Crippen LogP contribution is -2.49. The number of carbonyl (C=O) groups excluding carboxylic acids is 1. The first-order chi connectivity index (χ1) is 6.59. The van der Waals surface area contributed by atoms with Crippen LogP contribution >= 0.6 is 0 Å². The number of hydrogen-bond acceptors (Lipinski definition) is 2. The van der Waals surface area contributed by atoms with Crippen molar-refractivity contribution in [3.8, 4) is 0 Å². The minimum absolute atomic E-state index is 0.163. The first-order valence-electron chi connectivity index (χ1n) is 5.66. The fraction of sp³-hybridized carbons (Fsp3) is 0.909. The molecule has 0 saturated heterocycles. The largest absolute Gasteiger partial charge is 0.368 e. The number of rotatable bonds is 5. The molecule has 0 heterocycles. The monoisotopic (exact) mass is 196 g/mol. The summed E-state index contributed by atoms with van der Waals surface area (Å²) >= 11 is 0. The maximum absolute atomic E-state index is 11.2. The summed E-state index contributed by atoms with van der Waals surface area (Å²) in [7, 11) is 0. The predicted molar refractivity (Wildman–Crippen MR) is 55.6 cm³/mol.